The summed E-state index contributed by atoms with van der Waals surface area (Å²) in [6, 6.07) is 21.4. The maximum absolute atomic E-state index is 12.6. The van der Waals surface area contributed by atoms with E-state index in [1.54, 1.807) is 42.6 Å². The quantitative estimate of drug-likeness (QED) is 0.184. The highest BCUT2D eigenvalue weighted by molar-refractivity contribution is 7.86. The highest BCUT2D eigenvalue weighted by atomic mass is 35.5. The summed E-state index contributed by atoms with van der Waals surface area (Å²) in [5.74, 6) is 0. The number of nitriles is 2. The standard InChI is InChI=1S/C29H25ClN4O3S/c1-3-7-27-26(16-32)28(23-12-10-21(15-31)11-13-23)20(2)34(27)18-22-14-24(29(30)33-17-22)19-37-38(35,36)25-8-5-4-6-9-25/h4-6,8-14,17H,3,7,18-19H2,1-2H3. The van der Waals surface area contributed by atoms with Crippen molar-refractivity contribution in [3.8, 4) is 23.3 Å². The highest BCUT2D eigenvalue weighted by Gasteiger charge is 2.22. The summed E-state index contributed by atoms with van der Waals surface area (Å²) in [5, 5.41) is 19.4. The topological polar surface area (TPSA) is 109 Å². The Morgan fingerprint density at radius 1 is 1.05 bits per heavy atom. The Hall–Kier alpha value is -3.95. The first-order chi connectivity index (χ1) is 18.3. The zero-order valence-electron chi connectivity index (χ0n) is 21.0. The van der Waals surface area contributed by atoms with Crippen LogP contribution in [0.5, 0.6) is 0 Å². The van der Waals surface area contributed by atoms with Gasteiger partial charge in [0.25, 0.3) is 10.1 Å². The molecule has 2 aromatic carbocycles. The third kappa shape index (κ3) is 5.64. The molecule has 0 saturated carbocycles. The van der Waals surface area contributed by atoms with Gasteiger partial charge >= 0.3 is 0 Å². The fourth-order valence-electron chi connectivity index (χ4n) is 4.40. The van der Waals surface area contributed by atoms with Gasteiger partial charge in [-0.1, -0.05) is 55.3 Å². The van der Waals surface area contributed by atoms with Crippen LogP contribution in [0, 0.1) is 29.6 Å². The molecule has 0 amide bonds. The average molecular weight is 545 g/mol. The third-order valence-electron chi connectivity index (χ3n) is 6.24. The molecule has 9 heteroatoms. The maximum Gasteiger partial charge on any atom is 0.297 e. The molecule has 0 aliphatic carbocycles. The minimum absolute atomic E-state index is 0.0618. The third-order valence-corrected chi connectivity index (χ3v) is 7.86. The molecule has 0 saturated heterocycles. The molecule has 38 heavy (non-hydrogen) atoms. The zero-order chi connectivity index (χ0) is 27.3. The first-order valence-corrected chi connectivity index (χ1v) is 13.8. The van der Waals surface area contributed by atoms with Gasteiger partial charge in [-0.25, -0.2) is 4.98 Å². The molecule has 4 rings (SSSR count). The van der Waals surface area contributed by atoms with Gasteiger partial charge < -0.3 is 4.57 Å². The van der Waals surface area contributed by atoms with Gasteiger partial charge in [0.15, 0.2) is 0 Å². The Bertz CT molecular complexity index is 1650. The minimum Gasteiger partial charge on any atom is -0.342 e. The second-order valence-electron chi connectivity index (χ2n) is 8.74. The van der Waals surface area contributed by atoms with Crippen molar-refractivity contribution in [3.63, 3.8) is 0 Å². The lowest BCUT2D eigenvalue weighted by Crippen LogP contribution is -2.09. The van der Waals surface area contributed by atoms with Crippen LogP contribution in [0.3, 0.4) is 0 Å². The zero-order valence-corrected chi connectivity index (χ0v) is 22.6. The number of hydrogen-bond acceptors (Lipinski definition) is 6. The molecule has 2 aromatic heterocycles. The second-order valence-corrected chi connectivity index (χ2v) is 10.7. The molecule has 0 aliphatic rings. The molecule has 0 N–H and O–H groups in total. The molecule has 4 aromatic rings. The minimum atomic E-state index is -3.96. The van der Waals surface area contributed by atoms with Crippen molar-refractivity contribution >= 4 is 21.7 Å². The molecule has 0 aliphatic heterocycles. The van der Waals surface area contributed by atoms with E-state index in [-0.39, 0.29) is 16.7 Å². The fraction of sp³-hybridized carbons (Fsp3) is 0.207. The van der Waals surface area contributed by atoms with E-state index in [0.717, 1.165) is 34.5 Å². The monoisotopic (exact) mass is 544 g/mol. The van der Waals surface area contributed by atoms with E-state index < -0.39 is 10.1 Å². The molecule has 7 nitrogen and oxygen atoms in total. The molecule has 0 atom stereocenters. The predicted molar refractivity (Wildman–Crippen MR) is 145 cm³/mol. The van der Waals surface area contributed by atoms with E-state index in [0.29, 0.717) is 29.7 Å². The predicted octanol–water partition coefficient (Wildman–Crippen LogP) is 6.16. The number of benzene rings is 2. The Morgan fingerprint density at radius 2 is 1.76 bits per heavy atom. The van der Waals surface area contributed by atoms with Crippen molar-refractivity contribution in [1.29, 1.82) is 10.5 Å². The molecule has 0 bridgehead atoms. The first-order valence-electron chi connectivity index (χ1n) is 12.0. The average Bonchev–Trinajstić information content (AvgIpc) is 3.19. The van der Waals surface area contributed by atoms with E-state index in [1.807, 2.05) is 19.1 Å². The number of rotatable bonds is 9. The van der Waals surface area contributed by atoms with Crippen molar-refractivity contribution < 1.29 is 12.6 Å². The van der Waals surface area contributed by atoms with Gasteiger partial charge in [0.05, 0.1) is 28.7 Å². The van der Waals surface area contributed by atoms with Crippen LogP contribution in [0.2, 0.25) is 5.15 Å². The summed E-state index contributed by atoms with van der Waals surface area (Å²) < 4.78 is 32.5. The van der Waals surface area contributed by atoms with Crippen LogP contribution in [0.25, 0.3) is 11.1 Å². The molecule has 0 spiro atoms. The lowest BCUT2D eigenvalue weighted by atomic mass is 9.99. The lowest BCUT2D eigenvalue weighted by Gasteiger charge is -2.13. The molecule has 0 unspecified atom stereocenters. The van der Waals surface area contributed by atoms with Crippen LogP contribution in [-0.2, 0) is 33.9 Å². The van der Waals surface area contributed by atoms with Crippen molar-refractivity contribution in [3.05, 3.63) is 106 Å². The van der Waals surface area contributed by atoms with Gasteiger partial charge in [-0.15, -0.1) is 0 Å². The number of halogens is 1. The van der Waals surface area contributed by atoms with Gasteiger partial charge in [-0.2, -0.15) is 18.9 Å². The van der Waals surface area contributed by atoms with E-state index in [2.05, 4.69) is 28.6 Å². The summed E-state index contributed by atoms with van der Waals surface area (Å²) in [7, 11) is -3.96. The van der Waals surface area contributed by atoms with E-state index in [4.69, 9.17) is 21.0 Å². The van der Waals surface area contributed by atoms with Gasteiger partial charge in [-0.05, 0) is 54.8 Å². The fourth-order valence-corrected chi connectivity index (χ4v) is 5.47. The van der Waals surface area contributed by atoms with Crippen molar-refractivity contribution in [2.24, 2.45) is 0 Å². The number of nitrogens with zero attached hydrogens (tertiary/aromatic N) is 4. The van der Waals surface area contributed by atoms with Crippen LogP contribution in [0.15, 0.2) is 71.8 Å². The Labute approximate surface area is 227 Å². The molecular weight excluding hydrogens is 520 g/mol. The van der Waals surface area contributed by atoms with Gasteiger partial charge in [-0.3, -0.25) is 4.18 Å². The van der Waals surface area contributed by atoms with E-state index >= 15 is 0 Å². The van der Waals surface area contributed by atoms with Crippen LogP contribution in [-0.4, -0.2) is 18.0 Å². The van der Waals surface area contributed by atoms with E-state index in [1.165, 1.54) is 12.1 Å². The van der Waals surface area contributed by atoms with Crippen molar-refractivity contribution in [1.82, 2.24) is 9.55 Å². The Morgan fingerprint density at radius 3 is 2.39 bits per heavy atom. The molecule has 2 heterocycles. The normalized spacial score (nSPS) is 11.2. The Balaban J connectivity index is 1.68. The van der Waals surface area contributed by atoms with Crippen molar-refractivity contribution in [2.45, 2.75) is 44.7 Å². The lowest BCUT2D eigenvalue weighted by molar-refractivity contribution is 0.307. The van der Waals surface area contributed by atoms with E-state index in [9.17, 15) is 13.7 Å². The molecule has 0 fully saturated rings. The van der Waals surface area contributed by atoms with Gasteiger partial charge in [0.1, 0.15) is 11.2 Å². The SMILES string of the molecule is CCCc1c(C#N)c(-c2ccc(C#N)cc2)c(C)n1Cc1cnc(Cl)c(COS(=O)(=O)c2ccccc2)c1. The van der Waals surface area contributed by atoms with Crippen LogP contribution >= 0.6 is 11.6 Å². The summed E-state index contributed by atoms with van der Waals surface area (Å²) in [6.45, 7) is 4.17. The van der Waals surface area contributed by atoms with Crippen LogP contribution in [0.4, 0.5) is 0 Å². The second kappa shape index (κ2) is 11.6. The van der Waals surface area contributed by atoms with Crippen LogP contribution in [0.1, 0.15) is 47.0 Å². The smallest absolute Gasteiger partial charge is 0.297 e. The summed E-state index contributed by atoms with van der Waals surface area (Å²) >= 11 is 6.28. The Kier molecular flexibility index (Phi) is 8.29. The summed E-state index contributed by atoms with van der Waals surface area (Å²) in [6.07, 6.45) is 3.19. The maximum atomic E-state index is 12.6. The van der Waals surface area contributed by atoms with Crippen LogP contribution < -0.4 is 0 Å². The number of hydrogen-bond donors (Lipinski definition) is 0. The first kappa shape index (κ1) is 27.1. The summed E-state index contributed by atoms with van der Waals surface area (Å²) in [4.78, 5) is 4.32. The highest BCUT2D eigenvalue weighted by Crippen LogP contribution is 2.34. The van der Waals surface area contributed by atoms with Gasteiger partial charge in [0.2, 0.25) is 0 Å². The summed E-state index contributed by atoms with van der Waals surface area (Å²) in [5.41, 5.74) is 5.90. The van der Waals surface area contributed by atoms with Crippen molar-refractivity contribution in [2.75, 3.05) is 0 Å². The number of pyridine rings is 1. The van der Waals surface area contributed by atoms with Gasteiger partial charge in [0, 0.05) is 35.3 Å². The molecule has 192 valence electrons. The molecule has 0 radical (unpaired) electrons. The molecular formula is C29H25ClN4O3S. The number of aromatic nitrogens is 2. The largest absolute Gasteiger partial charge is 0.342 e.